The van der Waals surface area contributed by atoms with Gasteiger partial charge in [0.2, 0.25) is 5.88 Å². The summed E-state index contributed by atoms with van der Waals surface area (Å²) in [6.45, 7) is 1.46. The van der Waals surface area contributed by atoms with Crippen LogP contribution < -0.4 is 10.1 Å². The molecular formula is C28H35N5O6S2. The van der Waals surface area contributed by atoms with E-state index in [1.807, 2.05) is 14.1 Å². The number of nitrogens with zero attached hydrogens (tertiary/aromatic N) is 4. The summed E-state index contributed by atoms with van der Waals surface area (Å²) in [4.78, 5) is 31.2. The van der Waals surface area contributed by atoms with Crippen LogP contribution in [0.25, 0.3) is 10.3 Å². The van der Waals surface area contributed by atoms with Crippen LogP contribution in [0.15, 0.2) is 46.4 Å². The van der Waals surface area contributed by atoms with Crippen LogP contribution in [0, 0.1) is 0 Å². The maximum Gasteiger partial charge on any atom is 0.280 e. The van der Waals surface area contributed by atoms with Crippen molar-refractivity contribution in [3.63, 3.8) is 0 Å². The first-order chi connectivity index (χ1) is 19.7. The number of carbonyl (C=O) groups is 1. The molecule has 2 aliphatic carbocycles. The molecule has 1 amide bonds. The number of aromatic nitrogens is 2. The fourth-order valence-electron chi connectivity index (χ4n) is 4.58. The molecule has 1 N–H and O–H groups in total. The Labute approximate surface area is 243 Å². The molecule has 2 fully saturated rings. The first-order valence-corrected chi connectivity index (χ1v) is 16.1. The van der Waals surface area contributed by atoms with Gasteiger partial charge in [-0.05, 0) is 64.4 Å². The van der Waals surface area contributed by atoms with Gasteiger partial charge < -0.3 is 19.2 Å². The predicted molar refractivity (Wildman–Crippen MR) is 157 cm³/mol. The molecule has 41 heavy (non-hydrogen) atoms. The molecule has 2 heterocycles. The van der Waals surface area contributed by atoms with Crippen LogP contribution in [0.2, 0.25) is 0 Å². The van der Waals surface area contributed by atoms with Crippen LogP contribution in [0.5, 0.6) is 5.88 Å². The normalized spacial score (nSPS) is 19.6. The molecule has 0 spiro atoms. The highest BCUT2D eigenvalue weighted by atomic mass is 32.2. The second-order valence-corrected chi connectivity index (χ2v) is 13.8. The maximum atomic E-state index is 13.5. The lowest BCUT2D eigenvalue weighted by molar-refractivity contribution is -0.110. The summed E-state index contributed by atoms with van der Waals surface area (Å²) in [5.41, 5.74) is 1.09. The topological polar surface area (TPSA) is 132 Å². The molecule has 2 aromatic heterocycles. The average Bonchev–Trinajstić information content (AvgIpc) is 3.60. The number of oxime groups is 1. The van der Waals surface area contributed by atoms with Crippen molar-refractivity contribution in [1.82, 2.24) is 14.9 Å². The third kappa shape index (κ3) is 7.39. The van der Waals surface area contributed by atoms with E-state index in [1.165, 1.54) is 23.5 Å². The van der Waals surface area contributed by atoms with Crippen molar-refractivity contribution in [1.29, 1.82) is 0 Å². The number of hydrogen-bond acceptors (Lipinski definition) is 11. The predicted octanol–water partition coefficient (Wildman–Crippen LogP) is 3.88. The van der Waals surface area contributed by atoms with E-state index in [4.69, 9.17) is 14.3 Å². The minimum absolute atomic E-state index is 0.0263. The highest BCUT2D eigenvalue weighted by molar-refractivity contribution is 7.92. The maximum absolute atomic E-state index is 13.5. The lowest BCUT2D eigenvalue weighted by Crippen LogP contribution is -2.25. The van der Waals surface area contributed by atoms with Gasteiger partial charge in [-0.15, -0.1) is 0 Å². The Morgan fingerprint density at radius 2 is 1.83 bits per heavy atom. The van der Waals surface area contributed by atoms with E-state index in [1.54, 1.807) is 31.4 Å². The number of rotatable bonds is 13. The molecule has 0 saturated heterocycles. The summed E-state index contributed by atoms with van der Waals surface area (Å²) in [6, 6.07) is 9.77. The Hall–Kier alpha value is -3.13. The summed E-state index contributed by atoms with van der Waals surface area (Å²) < 4.78 is 36.5. The second kappa shape index (κ2) is 12.8. The van der Waals surface area contributed by atoms with Crippen LogP contribution in [0.4, 0.5) is 5.13 Å². The monoisotopic (exact) mass is 601 g/mol. The Bertz CT molecular complexity index is 1500. The third-order valence-electron chi connectivity index (χ3n) is 7.05. The van der Waals surface area contributed by atoms with Crippen LogP contribution in [0.1, 0.15) is 44.1 Å². The van der Waals surface area contributed by atoms with E-state index in [2.05, 4.69) is 25.3 Å². The standard InChI is InChI=1S/C28H35N5O6S2/c1-33(2)15-4-16-38-24-14-13-23-27(30-24)40-28(29-23)31-26(34)25(32-39-20-8-7-19(17-20)37-3)18-5-9-21(10-6-18)41(35,36)22-11-12-22/h5-6,9-10,13-14,19-20,22H,4,7-8,11-12,15-17H2,1-3H3,(H,29,31,34)/b32-25+/t19-,20-/m1/s1. The van der Waals surface area contributed by atoms with E-state index in [0.29, 0.717) is 52.8 Å². The molecule has 0 aliphatic heterocycles. The quantitative estimate of drug-likeness (QED) is 0.176. The van der Waals surface area contributed by atoms with Crippen molar-refractivity contribution in [2.75, 3.05) is 39.7 Å². The highest BCUT2D eigenvalue weighted by Gasteiger charge is 2.37. The third-order valence-corrected chi connectivity index (χ3v) is 10.2. The Balaban J connectivity index is 1.32. The minimum Gasteiger partial charge on any atom is -0.478 e. The van der Waals surface area contributed by atoms with Crippen molar-refractivity contribution >= 4 is 48.3 Å². The van der Waals surface area contributed by atoms with Gasteiger partial charge in [-0.1, -0.05) is 28.6 Å². The van der Waals surface area contributed by atoms with Gasteiger partial charge in [-0.25, -0.2) is 18.4 Å². The van der Waals surface area contributed by atoms with Crippen molar-refractivity contribution in [3.05, 3.63) is 42.0 Å². The number of methoxy groups -OCH3 is 1. The van der Waals surface area contributed by atoms with E-state index >= 15 is 0 Å². The summed E-state index contributed by atoms with van der Waals surface area (Å²) in [5, 5.41) is 7.08. The summed E-state index contributed by atoms with van der Waals surface area (Å²) >= 11 is 1.23. The number of anilines is 1. The average molecular weight is 602 g/mol. The zero-order chi connectivity index (χ0) is 29.0. The lowest BCUT2D eigenvalue weighted by atomic mass is 10.1. The SMILES string of the molecule is CO[C@@H]1CC[C@@H](O/N=C(/C(=O)Nc2nc3ccc(OCCCN(C)C)nc3s2)c2ccc(S(=O)(=O)C3CC3)cc2)C1. The molecule has 2 atom stereocenters. The van der Waals surface area contributed by atoms with Gasteiger partial charge in [-0.2, -0.15) is 0 Å². The zero-order valence-corrected chi connectivity index (χ0v) is 25.0. The zero-order valence-electron chi connectivity index (χ0n) is 23.4. The number of pyridine rings is 1. The number of hydrogen-bond donors (Lipinski definition) is 1. The first-order valence-electron chi connectivity index (χ1n) is 13.7. The number of sulfone groups is 1. The van der Waals surface area contributed by atoms with Gasteiger partial charge >= 0.3 is 0 Å². The number of benzene rings is 1. The molecule has 13 heteroatoms. The largest absolute Gasteiger partial charge is 0.478 e. The van der Waals surface area contributed by atoms with Crippen LogP contribution in [-0.2, 0) is 24.2 Å². The molecule has 0 radical (unpaired) electrons. The molecule has 3 aromatic rings. The number of nitrogens with one attached hydrogen (secondary N) is 1. The van der Waals surface area contributed by atoms with Crippen molar-refractivity contribution in [3.8, 4) is 5.88 Å². The molecule has 1 aromatic carbocycles. The highest BCUT2D eigenvalue weighted by Crippen LogP contribution is 2.33. The lowest BCUT2D eigenvalue weighted by Gasteiger charge is -2.12. The van der Waals surface area contributed by atoms with Crippen molar-refractivity contribution < 1.29 is 27.5 Å². The van der Waals surface area contributed by atoms with E-state index in [-0.39, 0.29) is 28.1 Å². The van der Waals surface area contributed by atoms with Crippen LogP contribution >= 0.6 is 11.3 Å². The summed E-state index contributed by atoms with van der Waals surface area (Å²) in [5.74, 6) is -0.0242. The molecule has 220 valence electrons. The number of thiazole rings is 1. The fraction of sp³-hybridized carbons (Fsp3) is 0.500. The molecule has 2 aliphatic rings. The van der Waals surface area contributed by atoms with Crippen LogP contribution in [0.3, 0.4) is 0 Å². The Morgan fingerprint density at radius 1 is 1.07 bits per heavy atom. The van der Waals surface area contributed by atoms with Gasteiger partial charge in [0.15, 0.2) is 20.7 Å². The summed E-state index contributed by atoms with van der Waals surface area (Å²) in [6.07, 6.45) is 4.44. The number of fused-ring (bicyclic) bond motifs is 1. The van der Waals surface area contributed by atoms with Gasteiger partial charge in [0.1, 0.15) is 16.5 Å². The molecule has 2 saturated carbocycles. The van der Waals surface area contributed by atoms with Crippen molar-refractivity contribution in [2.24, 2.45) is 5.16 Å². The summed E-state index contributed by atoms with van der Waals surface area (Å²) in [7, 11) is 2.34. The van der Waals surface area contributed by atoms with Gasteiger partial charge in [-0.3, -0.25) is 10.1 Å². The van der Waals surface area contributed by atoms with Gasteiger partial charge in [0.05, 0.1) is 22.9 Å². The smallest absolute Gasteiger partial charge is 0.280 e. The van der Waals surface area contributed by atoms with E-state index in [0.717, 1.165) is 25.8 Å². The van der Waals surface area contributed by atoms with Gasteiger partial charge in [0.25, 0.3) is 5.91 Å². The Kier molecular flexibility index (Phi) is 9.17. The molecule has 0 unspecified atom stereocenters. The molecular weight excluding hydrogens is 566 g/mol. The van der Waals surface area contributed by atoms with Crippen molar-refractivity contribution in [2.45, 2.75) is 60.9 Å². The Morgan fingerprint density at radius 3 is 2.51 bits per heavy atom. The molecule has 11 nitrogen and oxygen atoms in total. The molecule has 5 rings (SSSR count). The number of ether oxygens (including phenoxy) is 2. The first kappa shape index (κ1) is 29.4. The number of carbonyl (C=O) groups excluding carboxylic acids is 1. The fourth-order valence-corrected chi connectivity index (χ4v) is 7.07. The minimum atomic E-state index is -3.35. The van der Waals surface area contributed by atoms with Crippen LogP contribution in [-0.4, -0.2) is 86.7 Å². The number of amides is 1. The molecule has 0 bridgehead atoms. The van der Waals surface area contributed by atoms with E-state index in [9.17, 15) is 13.2 Å². The van der Waals surface area contributed by atoms with Gasteiger partial charge in [0, 0.05) is 31.7 Å². The second-order valence-electron chi connectivity index (χ2n) is 10.6. The van der Waals surface area contributed by atoms with E-state index < -0.39 is 15.7 Å².